The topological polar surface area (TPSA) is 379 Å². The average molecular weight is 714 g/mol. The quantitative estimate of drug-likeness (QED) is 0.0367. The van der Waals surface area contributed by atoms with Crippen molar-refractivity contribution < 1.29 is 196 Å². The van der Waals surface area contributed by atoms with E-state index in [9.17, 15) is 4.79 Å². The van der Waals surface area contributed by atoms with Crippen molar-refractivity contribution in [3.8, 4) is 5.75 Å². The van der Waals surface area contributed by atoms with Crippen molar-refractivity contribution in [3.05, 3.63) is 29.8 Å². The lowest BCUT2D eigenvalue weighted by atomic mass is 10.2. The van der Waals surface area contributed by atoms with Crippen LogP contribution in [-0.4, -0.2) is 11.5 Å². The van der Waals surface area contributed by atoms with E-state index in [-0.39, 0.29) is 11.3 Å². The van der Waals surface area contributed by atoms with Crippen molar-refractivity contribution in [3.63, 3.8) is 0 Å². The van der Waals surface area contributed by atoms with Gasteiger partial charge in [-0.2, -0.15) is 0 Å². The number of carbonyl (C=O) groups is 1. The molecule has 0 unspecified atom stereocenters. The Labute approximate surface area is 239 Å². The summed E-state index contributed by atoms with van der Waals surface area (Å²) in [6.45, 7) is 0. The fourth-order valence-electron chi connectivity index (χ4n) is 1.09. The van der Waals surface area contributed by atoms with Gasteiger partial charge in [0.25, 0.3) is 0 Å². The molecule has 0 amide bonds. The molecule has 0 saturated carbocycles. The van der Waals surface area contributed by atoms with Crippen LogP contribution in [0.2, 0.25) is 0 Å². The van der Waals surface area contributed by atoms with Gasteiger partial charge in [-0.1, -0.05) is 12.1 Å². The molecule has 0 heterocycles. The van der Waals surface area contributed by atoms with E-state index in [4.69, 9.17) is 5.26 Å². The Balaban J connectivity index is 1.64. The van der Waals surface area contributed by atoms with Gasteiger partial charge in [-0.25, -0.2) is 5.26 Å². The van der Waals surface area contributed by atoms with Crippen LogP contribution in [0, 0.1) is 0 Å². The Hall–Kier alpha value is -2.79. The largest absolute Gasteiger partial charge is 0.305 e. The van der Waals surface area contributed by atoms with Gasteiger partial charge in [0.15, 0.2) is 12.0 Å². The molecule has 46 heavy (non-hydrogen) atoms. The van der Waals surface area contributed by atoms with Crippen LogP contribution in [0.25, 0.3) is 0 Å². The minimum absolute atomic E-state index is 0.0196. The maximum Gasteiger partial charge on any atom is 0.179 e. The summed E-state index contributed by atoms with van der Waals surface area (Å²) in [5.41, 5.74) is 0.132. The van der Waals surface area contributed by atoms with Gasteiger partial charge in [0.1, 0.15) is 0 Å². The number of aldehydes is 1. The van der Waals surface area contributed by atoms with Crippen LogP contribution in [0.3, 0.4) is 0 Å². The van der Waals surface area contributed by atoms with Crippen molar-refractivity contribution in [2.45, 2.75) is 0 Å². The van der Waals surface area contributed by atoms with E-state index in [0.717, 1.165) is 0 Å². The summed E-state index contributed by atoms with van der Waals surface area (Å²) >= 11 is 0. The molecule has 39 heteroatoms. The zero-order valence-electron chi connectivity index (χ0n) is 19.8. The highest BCUT2D eigenvalue weighted by Crippen LogP contribution is 2.15. The lowest BCUT2D eigenvalue weighted by Gasteiger charge is -2.03. The number of benzene rings is 1. The molecule has 0 aliphatic heterocycles. The van der Waals surface area contributed by atoms with Gasteiger partial charge in [-0.3, -0.25) is 4.79 Å². The maximum atomic E-state index is 10.7. The maximum absolute atomic E-state index is 10.7. The van der Waals surface area contributed by atoms with Gasteiger partial charge in [0.2, 0.25) is 0 Å². The Bertz CT molecular complexity index is 745. The molecule has 0 atom stereocenters. The Kier molecular flexibility index (Phi) is 31.4. The highest BCUT2D eigenvalue weighted by atomic mass is 18.0. The second kappa shape index (κ2) is 35.1. The summed E-state index contributed by atoms with van der Waals surface area (Å²) in [7, 11) is 0. The summed E-state index contributed by atoms with van der Waals surface area (Å²) in [6, 6.07) is 5.87. The molecule has 0 spiro atoms. The summed E-state index contributed by atoms with van der Waals surface area (Å²) in [4.78, 5) is 15.2. The molecule has 1 aromatic rings. The number of hydrogen-bond donors (Lipinski definition) is 1. The van der Waals surface area contributed by atoms with E-state index >= 15 is 0 Å². The molecule has 0 aliphatic rings. The zero-order chi connectivity index (χ0) is 32.9. The summed E-state index contributed by atoms with van der Waals surface area (Å²) in [5.74, 6) is -0.0196. The van der Waals surface area contributed by atoms with E-state index in [1.165, 1.54) is 18.2 Å². The molecule has 39 nitrogen and oxygen atoms in total. The van der Waals surface area contributed by atoms with Gasteiger partial charge in [0.05, 0.1) is 5.56 Å². The van der Waals surface area contributed by atoms with E-state index in [1.807, 2.05) is 0 Å². The summed E-state index contributed by atoms with van der Waals surface area (Å²) in [5, 5.41) is 134. The number of rotatable bonds is 38. The third-order valence-electron chi connectivity index (χ3n) is 2.14. The van der Waals surface area contributed by atoms with Gasteiger partial charge in [-0.05, 0) is 52.4 Å². The van der Waals surface area contributed by atoms with Gasteiger partial charge in [0, 0.05) is 141 Å². The van der Waals surface area contributed by atoms with Crippen LogP contribution in [0.1, 0.15) is 10.4 Å². The van der Waals surface area contributed by atoms with Crippen molar-refractivity contribution >= 4 is 6.29 Å². The zero-order valence-corrected chi connectivity index (χ0v) is 19.8. The fourth-order valence-corrected chi connectivity index (χ4v) is 1.09. The molecule has 1 N–H and O–H groups in total. The van der Waals surface area contributed by atoms with Crippen LogP contribution in [0.15, 0.2) is 24.3 Å². The molecule has 0 aromatic heterocycles. The lowest BCUT2D eigenvalue weighted by molar-refractivity contribution is -0.908. The Morgan fingerprint density at radius 1 is 0.348 bits per heavy atom. The molecule has 1 aromatic carbocycles. The van der Waals surface area contributed by atoms with Crippen LogP contribution < -0.4 is 4.89 Å². The molecule has 0 aliphatic carbocycles. The summed E-state index contributed by atoms with van der Waals surface area (Å²) < 4.78 is 0. The molecular formula is C7H6O39. The average Bonchev–Trinajstić information content (AvgIpc) is 3.08. The standard InChI is InChI=1S/C7H6O39/c8-5-6-3-1-2-4-7(6)10-12-14-16-18-20-22-24-26-28-30-32-34-36-38-40-42-44-46-45-43-41-39-37-35-33-31-29-27-25-23-21-19-17-15-13-11-9/h1-5,9H. The van der Waals surface area contributed by atoms with Crippen molar-refractivity contribution in [2.24, 2.45) is 0 Å². The number of hydrogen-bond acceptors (Lipinski definition) is 39. The Morgan fingerprint density at radius 2 is 0.587 bits per heavy atom. The molecule has 0 fully saturated rings. The Morgan fingerprint density at radius 3 is 0.848 bits per heavy atom. The first kappa shape index (κ1) is 41.2. The number of para-hydroxylation sites is 1. The van der Waals surface area contributed by atoms with Crippen LogP contribution in [-0.2, 0) is 181 Å². The second-order valence-corrected chi connectivity index (χ2v) is 4.19. The predicted molar refractivity (Wildman–Crippen MR) is 74.1 cm³/mol. The molecule has 268 valence electrons. The van der Waals surface area contributed by atoms with E-state index in [1.54, 1.807) is 6.07 Å². The fraction of sp³-hybridized carbons (Fsp3) is 0. The number of carbonyl (C=O) groups excluding carboxylic acids is 1. The predicted octanol–water partition coefficient (Wildman–Crippen LogP) is -1.11. The first-order chi connectivity index (χ1) is 22.9. The molecule has 1 rings (SSSR count). The van der Waals surface area contributed by atoms with Crippen LogP contribution in [0.4, 0.5) is 0 Å². The van der Waals surface area contributed by atoms with E-state index in [2.05, 4.69) is 186 Å². The molecule has 0 saturated heterocycles. The minimum Gasteiger partial charge on any atom is -0.305 e. The van der Waals surface area contributed by atoms with Gasteiger partial charge in [-0.15, -0.1) is 0 Å². The summed E-state index contributed by atoms with van der Waals surface area (Å²) in [6.07, 6.45) is 0.479. The van der Waals surface area contributed by atoms with Gasteiger partial charge < -0.3 is 4.89 Å². The normalized spacial score (nSPS) is 11.3. The third-order valence-corrected chi connectivity index (χ3v) is 2.14. The van der Waals surface area contributed by atoms with E-state index < -0.39 is 0 Å². The highest BCUT2D eigenvalue weighted by molar-refractivity contribution is 5.78. The molecule has 0 bridgehead atoms. The first-order valence-electron chi connectivity index (χ1n) is 8.74. The minimum atomic E-state index is -0.0196. The molecule has 0 radical (unpaired) electrons. The lowest BCUT2D eigenvalue weighted by Crippen LogP contribution is -2.06. The van der Waals surface area contributed by atoms with Crippen LogP contribution in [0.5, 0.6) is 5.75 Å². The van der Waals surface area contributed by atoms with Crippen molar-refractivity contribution in [2.75, 3.05) is 0 Å². The van der Waals surface area contributed by atoms with Crippen molar-refractivity contribution in [1.29, 1.82) is 0 Å². The van der Waals surface area contributed by atoms with E-state index in [0.29, 0.717) is 6.29 Å². The second-order valence-electron chi connectivity index (χ2n) is 4.19. The van der Waals surface area contributed by atoms with Crippen molar-refractivity contribution in [1.82, 2.24) is 0 Å². The SMILES string of the molecule is O=Cc1ccccc1OOOOOOOOOOOOOOOOOOOOOOOOOOOOOOOOOOOOOO. The third kappa shape index (κ3) is 28.7. The van der Waals surface area contributed by atoms with Gasteiger partial charge >= 0.3 is 0 Å². The van der Waals surface area contributed by atoms with Crippen LogP contribution >= 0.6 is 0 Å². The molecular weight excluding hydrogens is 708 g/mol. The first-order valence-corrected chi connectivity index (χ1v) is 8.74. The highest BCUT2D eigenvalue weighted by Gasteiger charge is 2.05. The monoisotopic (exact) mass is 714 g/mol. The smallest absolute Gasteiger partial charge is 0.179 e.